The Kier molecular flexibility index (Phi) is 4.07. The van der Waals surface area contributed by atoms with Crippen LogP contribution in [0, 0.1) is 5.92 Å². The first-order chi connectivity index (χ1) is 12.5. The lowest BCUT2D eigenvalue weighted by molar-refractivity contribution is 0.504. The highest BCUT2D eigenvalue weighted by Gasteiger charge is 2.16. The number of hydrogen-bond donors (Lipinski definition) is 0. The molecule has 0 radical (unpaired) electrons. The van der Waals surface area contributed by atoms with Crippen molar-refractivity contribution in [1.82, 2.24) is 9.13 Å². The molecule has 26 heavy (non-hydrogen) atoms. The van der Waals surface area contributed by atoms with Crippen molar-refractivity contribution in [3.63, 3.8) is 0 Å². The number of aromatic nitrogens is 2. The minimum atomic E-state index is -0.252. The third kappa shape index (κ3) is 2.70. The summed E-state index contributed by atoms with van der Waals surface area (Å²) in [6.45, 7) is 4.73. The van der Waals surface area contributed by atoms with Gasteiger partial charge in [-0.25, -0.2) is 4.79 Å². The van der Waals surface area contributed by atoms with Crippen LogP contribution in [0.4, 0.5) is 0 Å². The fraction of sp³-hybridized carbons (Fsp3) is 0.300. The molecule has 0 aliphatic carbocycles. The Balaban J connectivity index is 1.86. The minimum Gasteiger partial charge on any atom is -0.464 e. The first-order valence-electron chi connectivity index (χ1n) is 8.63. The minimum absolute atomic E-state index is 0.232. The van der Waals surface area contributed by atoms with Gasteiger partial charge in [0, 0.05) is 35.8 Å². The Morgan fingerprint density at radius 3 is 2.69 bits per heavy atom. The highest BCUT2D eigenvalue weighted by Crippen LogP contribution is 2.28. The summed E-state index contributed by atoms with van der Waals surface area (Å²) in [6, 6.07) is 9.83. The second-order valence-electron chi connectivity index (χ2n) is 7.02. The summed E-state index contributed by atoms with van der Waals surface area (Å²) in [4.78, 5) is 26.9. The summed E-state index contributed by atoms with van der Waals surface area (Å²) in [5, 5.41) is 1.69. The maximum atomic E-state index is 12.6. The Hall–Kier alpha value is -2.60. The van der Waals surface area contributed by atoms with Gasteiger partial charge in [-0.3, -0.25) is 13.9 Å². The summed E-state index contributed by atoms with van der Waals surface area (Å²) in [5.41, 5.74) is 1.46. The van der Waals surface area contributed by atoms with Gasteiger partial charge in [-0.05, 0) is 18.1 Å². The number of thiophene rings is 1. The third-order valence-electron chi connectivity index (χ3n) is 4.54. The van der Waals surface area contributed by atoms with Gasteiger partial charge in [0.25, 0.3) is 5.56 Å². The molecular weight excluding hydrogens is 348 g/mol. The Bertz CT molecular complexity index is 1220. The lowest BCUT2D eigenvalue weighted by Gasteiger charge is -2.11. The second kappa shape index (κ2) is 6.29. The van der Waals surface area contributed by atoms with Gasteiger partial charge < -0.3 is 4.42 Å². The molecule has 3 heterocycles. The molecule has 1 aromatic carbocycles. The highest BCUT2D eigenvalue weighted by molar-refractivity contribution is 7.18. The van der Waals surface area contributed by atoms with Gasteiger partial charge in [0.05, 0.1) is 11.6 Å². The summed E-state index contributed by atoms with van der Waals surface area (Å²) in [7, 11) is 1.54. The van der Waals surface area contributed by atoms with Crippen LogP contribution in [-0.4, -0.2) is 9.13 Å². The molecular formula is C20H20N2O3S. The van der Waals surface area contributed by atoms with Crippen molar-refractivity contribution < 1.29 is 4.42 Å². The fourth-order valence-electron chi connectivity index (χ4n) is 3.29. The molecule has 3 aromatic heterocycles. The highest BCUT2D eigenvalue weighted by atomic mass is 32.1. The zero-order valence-electron chi connectivity index (χ0n) is 15.0. The van der Waals surface area contributed by atoms with Gasteiger partial charge in [0.1, 0.15) is 10.4 Å². The van der Waals surface area contributed by atoms with E-state index in [0.29, 0.717) is 24.3 Å². The number of furan rings is 1. The molecule has 5 nitrogen and oxygen atoms in total. The average Bonchev–Trinajstić information content (AvgIpc) is 3.22. The molecule has 0 fully saturated rings. The summed E-state index contributed by atoms with van der Waals surface area (Å²) >= 11 is 1.52. The molecule has 0 aliphatic rings. The normalized spacial score (nSPS) is 11.8. The first-order valence-corrected chi connectivity index (χ1v) is 9.44. The van der Waals surface area contributed by atoms with Gasteiger partial charge in [-0.15, -0.1) is 11.3 Å². The van der Waals surface area contributed by atoms with Crippen LogP contribution in [0.15, 0.2) is 50.6 Å². The quantitative estimate of drug-likeness (QED) is 0.551. The van der Waals surface area contributed by atoms with Crippen molar-refractivity contribution in [3.8, 4) is 0 Å². The largest absolute Gasteiger partial charge is 0.464 e. The number of para-hydroxylation sites is 1. The van der Waals surface area contributed by atoms with Crippen LogP contribution in [0.3, 0.4) is 0 Å². The molecule has 0 N–H and O–H groups in total. The summed E-state index contributed by atoms with van der Waals surface area (Å²) in [5.74, 6) is 0.316. The van der Waals surface area contributed by atoms with Crippen molar-refractivity contribution in [2.24, 2.45) is 13.0 Å². The van der Waals surface area contributed by atoms with E-state index in [1.165, 1.54) is 15.9 Å². The topological polar surface area (TPSA) is 57.1 Å². The smallest absolute Gasteiger partial charge is 0.331 e. The van der Waals surface area contributed by atoms with Crippen molar-refractivity contribution in [2.75, 3.05) is 0 Å². The molecule has 6 heteroatoms. The van der Waals surface area contributed by atoms with Crippen LogP contribution >= 0.6 is 11.3 Å². The molecule has 4 rings (SSSR count). The second-order valence-corrected chi connectivity index (χ2v) is 8.13. The molecule has 0 aliphatic heterocycles. The SMILES string of the molecule is CC(C)Cn1c(=O)n(C)c(=O)c2cc(Cc3coc4ccccc34)sc21. The molecule has 0 amide bonds. The van der Waals surface area contributed by atoms with Gasteiger partial charge in [-0.2, -0.15) is 0 Å². The predicted molar refractivity (Wildman–Crippen MR) is 105 cm³/mol. The molecule has 0 unspecified atom stereocenters. The monoisotopic (exact) mass is 368 g/mol. The molecule has 0 saturated carbocycles. The van der Waals surface area contributed by atoms with Crippen molar-refractivity contribution in [2.45, 2.75) is 26.8 Å². The van der Waals surface area contributed by atoms with E-state index in [-0.39, 0.29) is 11.2 Å². The third-order valence-corrected chi connectivity index (χ3v) is 5.69. The average molecular weight is 368 g/mol. The van der Waals surface area contributed by atoms with Crippen LogP contribution in [-0.2, 0) is 20.0 Å². The molecule has 4 aromatic rings. The van der Waals surface area contributed by atoms with E-state index in [4.69, 9.17) is 4.42 Å². The van der Waals surface area contributed by atoms with E-state index in [1.54, 1.807) is 17.9 Å². The van der Waals surface area contributed by atoms with Gasteiger partial charge in [0.2, 0.25) is 0 Å². The molecule has 0 bridgehead atoms. The number of hydrogen-bond acceptors (Lipinski definition) is 4. The molecule has 0 atom stereocenters. The standard InChI is InChI=1S/C20H20N2O3S/c1-12(2)10-22-19-16(18(23)21(3)20(22)24)9-14(26-19)8-13-11-25-17-7-5-4-6-15(13)17/h4-7,9,11-12H,8,10H2,1-3H3. The predicted octanol–water partition coefficient (Wildman–Crippen LogP) is 3.75. The maximum absolute atomic E-state index is 12.6. The van der Waals surface area contributed by atoms with E-state index in [0.717, 1.165) is 26.2 Å². The number of fused-ring (bicyclic) bond motifs is 2. The fourth-order valence-corrected chi connectivity index (χ4v) is 4.46. The number of benzene rings is 1. The van der Waals surface area contributed by atoms with E-state index < -0.39 is 0 Å². The number of nitrogens with zero attached hydrogens (tertiary/aromatic N) is 2. The lowest BCUT2D eigenvalue weighted by atomic mass is 10.1. The van der Waals surface area contributed by atoms with Crippen LogP contribution in [0.25, 0.3) is 21.2 Å². The van der Waals surface area contributed by atoms with Crippen LogP contribution in [0.1, 0.15) is 24.3 Å². The first kappa shape index (κ1) is 16.8. The number of rotatable bonds is 4. The van der Waals surface area contributed by atoms with E-state index in [9.17, 15) is 9.59 Å². The molecule has 134 valence electrons. The van der Waals surface area contributed by atoms with Crippen molar-refractivity contribution in [3.05, 3.63) is 67.9 Å². The summed E-state index contributed by atoms with van der Waals surface area (Å²) in [6.07, 6.45) is 2.45. The van der Waals surface area contributed by atoms with E-state index in [1.807, 2.05) is 30.3 Å². The Morgan fingerprint density at radius 1 is 1.15 bits per heavy atom. The lowest BCUT2D eigenvalue weighted by Crippen LogP contribution is -2.38. The van der Waals surface area contributed by atoms with Gasteiger partial charge in [0.15, 0.2) is 0 Å². The zero-order chi connectivity index (χ0) is 18.4. The van der Waals surface area contributed by atoms with Gasteiger partial charge >= 0.3 is 5.69 Å². The van der Waals surface area contributed by atoms with Crippen LogP contribution < -0.4 is 11.2 Å². The summed E-state index contributed by atoms with van der Waals surface area (Å²) < 4.78 is 8.55. The van der Waals surface area contributed by atoms with Crippen LogP contribution in [0.2, 0.25) is 0 Å². The van der Waals surface area contributed by atoms with Crippen LogP contribution in [0.5, 0.6) is 0 Å². The van der Waals surface area contributed by atoms with Crippen molar-refractivity contribution in [1.29, 1.82) is 0 Å². The maximum Gasteiger partial charge on any atom is 0.331 e. The Morgan fingerprint density at radius 2 is 1.92 bits per heavy atom. The van der Waals surface area contributed by atoms with Crippen molar-refractivity contribution >= 4 is 32.5 Å². The zero-order valence-corrected chi connectivity index (χ0v) is 15.8. The van der Waals surface area contributed by atoms with Gasteiger partial charge in [-0.1, -0.05) is 32.0 Å². The molecule has 0 spiro atoms. The van der Waals surface area contributed by atoms with E-state index in [2.05, 4.69) is 13.8 Å². The van der Waals surface area contributed by atoms with E-state index >= 15 is 0 Å². The molecule has 0 saturated heterocycles. The Labute approximate surface area is 154 Å².